The Morgan fingerprint density at radius 1 is 1.26 bits per heavy atom. The van der Waals surface area contributed by atoms with Gasteiger partial charge in [-0.3, -0.25) is 0 Å². The van der Waals surface area contributed by atoms with Gasteiger partial charge >= 0.3 is 5.97 Å². The molecular formula is C22H28O4S. The first-order chi connectivity index (χ1) is 13.1. The molecule has 2 fully saturated rings. The second kappa shape index (κ2) is 10.1. The molecule has 146 valence electrons. The smallest absolute Gasteiger partial charge is 0.328 e. The van der Waals surface area contributed by atoms with Crippen molar-refractivity contribution in [3.63, 3.8) is 0 Å². The molecule has 5 heteroatoms. The number of carboxylic acids is 1. The highest BCUT2D eigenvalue weighted by Crippen LogP contribution is 2.46. The van der Waals surface area contributed by atoms with Crippen molar-refractivity contribution < 1.29 is 19.7 Å². The maximum atomic E-state index is 10.5. The summed E-state index contributed by atoms with van der Waals surface area (Å²) in [6.45, 7) is 0. The number of carbonyl (C=O) groups is 1. The maximum Gasteiger partial charge on any atom is 0.328 e. The van der Waals surface area contributed by atoms with Crippen LogP contribution in [0.2, 0.25) is 0 Å². The van der Waals surface area contributed by atoms with E-state index in [0.29, 0.717) is 24.4 Å². The van der Waals surface area contributed by atoms with Crippen molar-refractivity contribution in [1.29, 1.82) is 0 Å². The van der Waals surface area contributed by atoms with Gasteiger partial charge in [-0.1, -0.05) is 48.6 Å². The molecule has 1 aromatic rings. The summed E-state index contributed by atoms with van der Waals surface area (Å²) in [5.74, 6) is 1.71. The van der Waals surface area contributed by atoms with E-state index in [2.05, 4.69) is 6.08 Å². The fourth-order valence-electron chi connectivity index (χ4n) is 4.16. The van der Waals surface area contributed by atoms with Crippen LogP contribution in [0.1, 0.15) is 24.8 Å². The summed E-state index contributed by atoms with van der Waals surface area (Å²) in [6, 6.07) is 10.1. The zero-order valence-electron chi connectivity index (χ0n) is 15.4. The molecule has 4 nitrogen and oxygen atoms in total. The van der Waals surface area contributed by atoms with Crippen LogP contribution in [-0.4, -0.2) is 46.0 Å². The molecule has 1 unspecified atom stereocenters. The van der Waals surface area contributed by atoms with Crippen LogP contribution >= 0.6 is 11.8 Å². The van der Waals surface area contributed by atoms with Crippen LogP contribution in [0.5, 0.6) is 0 Å². The van der Waals surface area contributed by atoms with Crippen molar-refractivity contribution in [3.8, 4) is 0 Å². The number of aliphatic hydroxyl groups is 1. The number of thioether (sulfide) groups is 1. The molecule has 2 aliphatic rings. The molecule has 0 amide bonds. The molecule has 0 saturated carbocycles. The van der Waals surface area contributed by atoms with E-state index in [-0.39, 0.29) is 6.10 Å². The molecule has 2 bridgehead atoms. The van der Waals surface area contributed by atoms with Gasteiger partial charge in [0.25, 0.3) is 0 Å². The third-order valence-corrected chi connectivity index (χ3v) is 6.35. The average Bonchev–Trinajstić information content (AvgIpc) is 3.25. The fraction of sp³-hybridized carbons (Fsp3) is 0.500. The van der Waals surface area contributed by atoms with Crippen molar-refractivity contribution >= 4 is 17.7 Å². The summed E-state index contributed by atoms with van der Waals surface area (Å²) in [4.78, 5) is 10.5. The minimum Gasteiger partial charge on any atom is -0.478 e. The Bertz CT molecular complexity index is 658. The lowest BCUT2D eigenvalue weighted by atomic mass is 9.77. The van der Waals surface area contributed by atoms with Crippen molar-refractivity contribution in [1.82, 2.24) is 0 Å². The van der Waals surface area contributed by atoms with Gasteiger partial charge in [0, 0.05) is 24.2 Å². The number of fused-ring (bicyclic) bond motifs is 2. The first-order valence-corrected chi connectivity index (χ1v) is 10.8. The first kappa shape index (κ1) is 20.2. The normalized spacial score (nSPS) is 28.3. The second-order valence-corrected chi connectivity index (χ2v) is 8.43. The number of benzene rings is 1. The lowest BCUT2D eigenvalue weighted by molar-refractivity contribution is -0.131. The molecular weight excluding hydrogens is 360 g/mol. The molecule has 2 heterocycles. The highest BCUT2D eigenvalue weighted by Gasteiger charge is 2.47. The van der Waals surface area contributed by atoms with E-state index in [1.54, 1.807) is 17.8 Å². The van der Waals surface area contributed by atoms with Gasteiger partial charge in [0.05, 0.1) is 18.3 Å². The van der Waals surface area contributed by atoms with E-state index in [9.17, 15) is 9.90 Å². The maximum absolute atomic E-state index is 10.5. The Kier molecular flexibility index (Phi) is 7.56. The summed E-state index contributed by atoms with van der Waals surface area (Å²) in [7, 11) is 0. The van der Waals surface area contributed by atoms with Crippen LogP contribution in [0.25, 0.3) is 0 Å². The number of carboxylic acid groups (broad SMARTS) is 1. The molecule has 3 rings (SSSR count). The van der Waals surface area contributed by atoms with Gasteiger partial charge in [0.2, 0.25) is 0 Å². The third kappa shape index (κ3) is 5.96. The molecule has 0 aliphatic carbocycles. The second-order valence-electron chi connectivity index (χ2n) is 7.28. The van der Waals surface area contributed by atoms with Gasteiger partial charge in [-0.05, 0) is 36.5 Å². The van der Waals surface area contributed by atoms with Crippen LogP contribution < -0.4 is 0 Å². The molecule has 2 saturated heterocycles. The van der Waals surface area contributed by atoms with Crippen LogP contribution in [0.3, 0.4) is 0 Å². The van der Waals surface area contributed by atoms with E-state index in [1.807, 2.05) is 36.4 Å². The van der Waals surface area contributed by atoms with E-state index >= 15 is 0 Å². The standard InChI is InChI=1S/C22H28O4S/c23-17(15-16-5-2-1-3-6-16)8-9-18-19(21-11-10-20(18)26-21)12-14-27-13-4-7-22(24)25/h1-9,17-21,23H,10-15H2,(H,24,25)/t17?,18-,19+,20-,21+/m1/s1. The van der Waals surface area contributed by atoms with Gasteiger partial charge in [0.1, 0.15) is 0 Å². The molecule has 0 aromatic heterocycles. The lowest BCUT2D eigenvalue weighted by Gasteiger charge is -2.25. The Morgan fingerprint density at radius 3 is 2.81 bits per heavy atom. The molecule has 27 heavy (non-hydrogen) atoms. The lowest BCUT2D eigenvalue weighted by Crippen LogP contribution is -2.26. The summed E-state index contributed by atoms with van der Waals surface area (Å²) >= 11 is 1.76. The predicted molar refractivity (Wildman–Crippen MR) is 109 cm³/mol. The van der Waals surface area contributed by atoms with Gasteiger partial charge in [-0.25, -0.2) is 4.79 Å². The number of aliphatic hydroxyl groups excluding tert-OH is 1. The highest BCUT2D eigenvalue weighted by molar-refractivity contribution is 7.99. The van der Waals surface area contributed by atoms with Crippen LogP contribution in [0.15, 0.2) is 54.6 Å². The monoisotopic (exact) mass is 388 g/mol. The fourth-order valence-corrected chi connectivity index (χ4v) is 4.99. The van der Waals surface area contributed by atoms with Crippen molar-refractivity contribution in [3.05, 3.63) is 60.2 Å². The quantitative estimate of drug-likeness (QED) is 0.363. The Balaban J connectivity index is 1.48. The van der Waals surface area contributed by atoms with Gasteiger partial charge in [0.15, 0.2) is 0 Å². The summed E-state index contributed by atoms with van der Waals surface area (Å²) < 4.78 is 6.12. The predicted octanol–water partition coefficient (Wildman–Crippen LogP) is 3.70. The molecule has 2 N–H and O–H groups in total. The minimum absolute atomic E-state index is 0.289. The minimum atomic E-state index is -0.892. The molecule has 0 spiro atoms. The van der Waals surface area contributed by atoms with Crippen molar-refractivity contribution in [2.24, 2.45) is 11.8 Å². The van der Waals surface area contributed by atoms with E-state index < -0.39 is 12.1 Å². The SMILES string of the molecule is O=C(O)C=CCSCC[C@H]1[C@@H](C=CC(O)Cc2ccccc2)[C@H]2CC[C@@H]1O2. The van der Waals surface area contributed by atoms with Crippen LogP contribution in [0.4, 0.5) is 0 Å². The largest absolute Gasteiger partial charge is 0.478 e. The van der Waals surface area contributed by atoms with Gasteiger partial charge < -0.3 is 14.9 Å². The number of rotatable bonds is 10. The Morgan fingerprint density at radius 2 is 2.04 bits per heavy atom. The average molecular weight is 389 g/mol. The molecule has 5 atom stereocenters. The molecule has 0 radical (unpaired) electrons. The van der Waals surface area contributed by atoms with Gasteiger partial charge in [-0.2, -0.15) is 11.8 Å². The van der Waals surface area contributed by atoms with Crippen LogP contribution in [0, 0.1) is 11.8 Å². The number of hydrogen-bond donors (Lipinski definition) is 2. The zero-order chi connectivity index (χ0) is 19.1. The summed E-state index contributed by atoms with van der Waals surface area (Å²) in [6.07, 6.45) is 11.1. The van der Waals surface area contributed by atoms with E-state index in [1.165, 1.54) is 6.08 Å². The van der Waals surface area contributed by atoms with Crippen molar-refractivity contribution in [2.75, 3.05) is 11.5 Å². The number of ether oxygens (including phenoxy) is 1. The van der Waals surface area contributed by atoms with Gasteiger partial charge in [-0.15, -0.1) is 0 Å². The Hall–Kier alpha value is -1.56. The van der Waals surface area contributed by atoms with Crippen LogP contribution in [-0.2, 0) is 16.0 Å². The third-order valence-electron chi connectivity index (χ3n) is 5.40. The Labute approximate surface area is 165 Å². The van der Waals surface area contributed by atoms with Crippen molar-refractivity contribution in [2.45, 2.75) is 44.0 Å². The van der Waals surface area contributed by atoms with E-state index in [4.69, 9.17) is 9.84 Å². The highest BCUT2D eigenvalue weighted by atomic mass is 32.2. The topological polar surface area (TPSA) is 66.8 Å². The zero-order valence-corrected chi connectivity index (χ0v) is 16.3. The summed E-state index contributed by atoms with van der Waals surface area (Å²) in [5.41, 5.74) is 1.14. The first-order valence-electron chi connectivity index (χ1n) is 9.66. The summed E-state index contributed by atoms with van der Waals surface area (Å²) in [5, 5.41) is 19.0. The number of hydrogen-bond acceptors (Lipinski definition) is 4. The molecule has 1 aromatic carbocycles. The number of aliphatic carboxylic acids is 1. The van der Waals surface area contributed by atoms with E-state index in [0.717, 1.165) is 36.3 Å². The molecule has 2 aliphatic heterocycles.